The molecular formula is C23H42IN3O3S. The Morgan fingerprint density at radius 1 is 1.23 bits per heavy atom. The normalized spacial score (nSPS) is 12.5. The summed E-state index contributed by atoms with van der Waals surface area (Å²) in [7, 11) is -1.22. The van der Waals surface area contributed by atoms with Crippen LogP contribution in [0.3, 0.4) is 0 Å². The lowest BCUT2D eigenvalue weighted by Gasteiger charge is -2.26. The van der Waals surface area contributed by atoms with Gasteiger partial charge in [0.15, 0.2) is 5.96 Å². The van der Waals surface area contributed by atoms with E-state index in [2.05, 4.69) is 68.4 Å². The van der Waals surface area contributed by atoms with Crippen molar-refractivity contribution in [1.29, 1.82) is 0 Å². The molecule has 0 aliphatic carbocycles. The molecule has 0 saturated heterocycles. The molecule has 0 radical (unpaired) electrons. The number of halogens is 1. The van der Waals surface area contributed by atoms with Gasteiger partial charge in [-0.25, -0.2) is 8.42 Å². The van der Waals surface area contributed by atoms with Crippen LogP contribution in [0, 0.1) is 18.3 Å². The second kappa shape index (κ2) is 14.2. The summed E-state index contributed by atoms with van der Waals surface area (Å²) in [5, 5.41) is 6.65. The van der Waals surface area contributed by atoms with E-state index in [1.165, 1.54) is 11.8 Å². The van der Waals surface area contributed by atoms with Crippen molar-refractivity contribution >= 4 is 39.8 Å². The zero-order chi connectivity index (χ0) is 22.8. The molecule has 0 heterocycles. The van der Waals surface area contributed by atoms with Gasteiger partial charge in [0.2, 0.25) is 0 Å². The average molecular weight is 568 g/mol. The van der Waals surface area contributed by atoms with E-state index in [0.29, 0.717) is 31.4 Å². The van der Waals surface area contributed by atoms with Gasteiger partial charge in [-0.15, -0.1) is 24.0 Å². The highest BCUT2D eigenvalue weighted by molar-refractivity contribution is 14.0. The Kier molecular flexibility index (Phi) is 13.7. The van der Waals surface area contributed by atoms with Crippen molar-refractivity contribution in [1.82, 2.24) is 10.6 Å². The zero-order valence-electron chi connectivity index (χ0n) is 20.2. The monoisotopic (exact) mass is 567 g/mol. The molecule has 0 aliphatic rings. The number of aryl methyl sites for hydroxylation is 1. The molecule has 0 aromatic heterocycles. The first-order chi connectivity index (χ1) is 13.9. The van der Waals surface area contributed by atoms with Gasteiger partial charge in [-0.3, -0.25) is 4.99 Å². The average Bonchev–Trinajstić information content (AvgIpc) is 2.64. The molecule has 0 spiro atoms. The number of aliphatic imine (C=N–C) groups is 1. The summed E-state index contributed by atoms with van der Waals surface area (Å²) in [6.45, 7) is 12.6. The standard InChI is InChI=1S/C23H41N3O3S.HI/c1-18(2)9-8-13-29-21-15-19(3)10-11-20(21)16-25-22(24-6)26-17-23(4,5)12-14-30(7,27)28;/h10-11,15,18H,8-9,12-14,16-17H2,1-7H3,(H2,24,25,26);1H. The predicted octanol–water partition coefficient (Wildman–Crippen LogP) is 4.55. The second-order valence-electron chi connectivity index (χ2n) is 9.32. The van der Waals surface area contributed by atoms with Crippen LogP contribution in [-0.2, 0) is 16.4 Å². The van der Waals surface area contributed by atoms with Crippen LogP contribution in [-0.4, -0.2) is 46.6 Å². The molecular weight excluding hydrogens is 525 g/mol. The summed E-state index contributed by atoms with van der Waals surface area (Å²) in [5.41, 5.74) is 2.10. The fourth-order valence-corrected chi connectivity index (χ4v) is 3.81. The Morgan fingerprint density at radius 2 is 1.90 bits per heavy atom. The summed E-state index contributed by atoms with van der Waals surface area (Å²) >= 11 is 0. The van der Waals surface area contributed by atoms with Crippen molar-refractivity contribution in [2.45, 2.75) is 60.4 Å². The van der Waals surface area contributed by atoms with E-state index in [9.17, 15) is 8.42 Å². The van der Waals surface area contributed by atoms with Crippen LogP contribution in [0.4, 0.5) is 0 Å². The summed E-state index contributed by atoms with van der Waals surface area (Å²) in [5.74, 6) is 2.47. The molecule has 8 heteroatoms. The van der Waals surface area contributed by atoms with E-state index in [-0.39, 0.29) is 35.1 Å². The Labute approximate surface area is 207 Å². The van der Waals surface area contributed by atoms with E-state index < -0.39 is 9.84 Å². The highest BCUT2D eigenvalue weighted by atomic mass is 127. The molecule has 0 aliphatic heterocycles. The van der Waals surface area contributed by atoms with Crippen LogP contribution in [0.2, 0.25) is 0 Å². The maximum atomic E-state index is 11.4. The lowest BCUT2D eigenvalue weighted by molar-refractivity contribution is 0.294. The smallest absolute Gasteiger partial charge is 0.191 e. The Bertz CT molecular complexity index is 793. The summed E-state index contributed by atoms with van der Waals surface area (Å²) < 4.78 is 28.9. The third kappa shape index (κ3) is 13.9. The molecule has 0 bridgehead atoms. The molecule has 0 atom stereocenters. The minimum Gasteiger partial charge on any atom is -0.493 e. The van der Waals surface area contributed by atoms with Crippen molar-refractivity contribution in [2.75, 3.05) is 32.2 Å². The minimum atomic E-state index is -2.96. The van der Waals surface area contributed by atoms with Crippen molar-refractivity contribution in [3.05, 3.63) is 29.3 Å². The number of rotatable bonds is 12. The molecule has 180 valence electrons. The van der Waals surface area contributed by atoms with Gasteiger partial charge >= 0.3 is 0 Å². The van der Waals surface area contributed by atoms with Gasteiger partial charge in [0.1, 0.15) is 15.6 Å². The van der Waals surface area contributed by atoms with E-state index in [1.54, 1.807) is 7.05 Å². The quantitative estimate of drug-likeness (QED) is 0.168. The van der Waals surface area contributed by atoms with Gasteiger partial charge in [-0.2, -0.15) is 0 Å². The first-order valence-corrected chi connectivity index (χ1v) is 12.8. The Hall–Kier alpha value is -1.03. The summed E-state index contributed by atoms with van der Waals surface area (Å²) in [4.78, 5) is 4.29. The summed E-state index contributed by atoms with van der Waals surface area (Å²) in [6.07, 6.45) is 4.08. The molecule has 2 N–H and O–H groups in total. The van der Waals surface area contributed by atoms with E-state index >= 15 is 0 Å². The van der Waals surface area contributed by atoms with Crippen molar-refractivity contribution in [3.8, 4) is 5.75 Å². The van der Waals surface area contributed by atoms with Crippen LogP contribution in [0.5, 0.6) is 5.75 Å². The van der Waals surface area contributed by atoms with Crippen molar-refractivity contribution in [2.24, 2.45) is 16.3 Å². The number of sulfone groups is 1. The van der Waals surface area contributed by atoms with Gasteiger partial charge in [0.05, 0.1) is 12.4 Å². The van der Waals surface area contributed by atoms with Gasteiger partial charge in [0.25, 0.3) is 0 Å². The number of nitrogens with one attached hydrogen (secondary N) is 2. The van der Waals surface area contributed by atoms with Crippen molar-refractivity contribution < 1.29 is 13.2 Å². The lowest BCUT2D eigenvalue weighted by atomic mass is 9.90. The van der Waals surface area contributed by atoms with E-state index in [1.807, 2.05) is 0 Å². The molecule has 0 amide bonds. The van der Waals surface area contributed by atoms with Gasteiger partial charge in [-0.1, -0.05) is 39.8 Å². The summed E-state index contributed by atoms with van der Waals surface area (Å²) in [6, 6.07) is 6.25. The van der Waals surface area contributed by atoms with Crippen LogP contribution in [0.15, 0.2) is 23.2 Å². The number of hydrogen-bond acceptors (Lipinski definition) is 4. The van der Waals surface area contributed by atoms with E-state index in [4.69, 9.17) is 4.74 Å². The third-order valence-corrected chi connectivity index (χ3v) is 5.91. The molecule has 0 fully saturated rings. The molecule has 0 unspecified atom stereocenters. The molecule has 1 aromatic rings. The van der Waals surface area contributed by atoms with Crippen LogP contribution in [0.1, 0.15) is 58.1 Å². The molecule has 0 saturated carbocycles. The number of benzene rings is 1. The number of nitrogens with zero attached hydrogens (tertiary/aromatic N) is 1. The fourth-order valence-electron chi connectivity index (χ4n) is 2.89. The number of guanidine groups is 1. The van der Waals surface area contributed by atoms with Gasteiger partial charge < -0.3 is 15.4 Å². The second-order valence-corrected chi connectivity index (χ2v) is 11.6. The number of hydrogen-bond donors (Lipinski definition) is 2. The maximum Gasteiger partial charge on any atom is 0.191 e. The Morgan fingerprint density at radius 3 is 2.48 bits per heavy atom. The third-order valence-electron chi connectivity index (χ3n) is 4.96. The first kappa shape index (κ1) is 30.0. The largest absolute Gasteiger partial charge is 0.493 e. The van der Waals surface area contributed by atoms with Gasteiger partial charge in [0, 0.05) is 32.0 Å². The zero-order valence-corrected chi connectivity index (χ0v) is 23.4. The Balaban J connectivity index is 0.00000900. The number of ether oxygens (including phenoxy) is 1. The van der Waals surface area contributed by atoms with Crippen LogP contribution >= 0.6 is 24.0 Å². The van der Waals surface area contributed by atoms with Crippen LogP contribution in [0.25, 0.3) is 0 Å². The highest BCUT2D eigenvalue weighted by Gasteiger charge is 2.20. The molecule has 1 rings (SSSR count). The van der Waals surface area contributed by atoms with Crippen LogP contribution < -0.4 is 15.4 Å². The lowest BCUT2D eigenvalue weighted by Crippen LogP contribution is -2.42. The van der Waals surface area contributed by atoms with Crippen molar-refractivity contribution in [3.63, 3.8) is 0 Å². The predicted molar refractivity (Wildman–Crippen MR) is 142 cm³/mol. The first-order valence-electron chi connectivity index (χ1n) is 10.8. The highest BCUT2D eigenvalue weighted by Crippen LogP contribution is 2.22. The van der Waals surface area contributed by atoms with Gasteiger partial charge in [-0.05, 0) is 49.1 Å². The maximum absolute atomic E-state index is 11.4. The molecule has 6 nitrogen and oxygen atoms in total. The topological polar surface area (TPSA) is 79.8 Å². The fraction of sp³-hybridized carbons (Fsp3) is 0.696. The SMILES string of the molecule is CN=C(NCc1ccc(C)cc1OCCCC(C)C)NCC(C)(C)CCS(C)(=O)=O.I. The van der Waals surface area contributed by atoms with E-state index in [0.717, 1.165) is 30.8 Å². The molecule has 1 aromatic carbocycles. The minimum absolute atomic E-state index is 0. The molecule has 31 heavy (non-hydrogen) atoms.